The number of aromatic hydroxyl groups is 1. The molecule has 1 unspecified atom stereocenters. The van der Waals surface area contributed by atoms with Gasteiger partial charge in [0.25, 0.3) is 0 Å². The number of rotatable bonds is 7. The number of para-hydroxylation sites is 1. The van der Waals surface area contributed by atoms with Crippen LogP contribution in [0.1, 0.15) is 6.92 Å². The highest BCUT2D eigenvalue weighted by Crippen LogP contribution is 2.38. The minimum Gasteiger partial charge on any atom is -0.507 e. The maximum atomic E-state index is 10.1. The molecule has 0 spiro atoms. The molecule has 30 heavy (non-hydrogen) atoms. The largest absolute Gasteiger partial charge is 0.507 e. The molecule has 154 valence electrons. The lowest BCUT2D eigenvalue weighted by atomic mass is 10.0. The maximum Gasteiger partial charge on any atom is 0.179 e. The molecule has 2 aromatic carbocycles. The van der Waals surface area contributed by atoms with Crippen molar-refractivity contribution >= 4 is 42.9 Å². The van der Waals surface area contributed by atoms with E-state index >= 15 is 0 Å². The SMILES string of the molecule is CCOP(O)CSc1nc2nc(-c3ccc(-c4ccccc4O)cc3)c(Cl)cc2[nH]1. The lowest BCUT2D eigenvalue weighted by molar-refractivity contribution is 0.333. The lowest BCUT2D eigenvalue weighted by Crippen LogP contribution is -1.88. The van der Waals surface area contributed by atoms with Crippen molar-refractivity contribution in [3.05, 3.63) is 59.6 Å². The Kier molecular flexibility index (Phi) is 6.56. The molecule has 0 radical (unpaired) electrons. The first-order chi connectivity index (χ1) is 14.5. The van der Waals surface area contributed by atoms with Gasteiger partial charge in [-0.05, 0) is 24.6 Å². The molecule has 0 aliphatic carbocycles. The maximum absolute atomic E-state index is 10.1. The van der Waals surface area contributed by atoms with Gasteiger partial charge in [0.15, 0.2) is 19.2 Å². The first kappa shape index (κ1) is 21.1. The molecule has 0 aliphatic rings. The van der Waals surface area contributed by atoms with E-state index in [9.17, 15) is 10.00 Å². The van der Waals surface area contributed by atoms with Crippen molar-refractivity contribution in [3.63, 3.8) is 0 Å². The first-order valence-corrected chi connectivity index (χ1v) is 12.0. The summed E-state index contributed by atoms with van der Waals surface area (Å²) in [6.45, 7) is 2.33. The molecule has 0 saturated carbocycles. The highest BCUT2D eigenvalue weighted by molar-refractivity contribution is 8.03. The molecule has 0 fully saturated rings. The van der Waals surface area contributed by atoms with Gasteiger partial charge in [-0.15, -0.1) is 0 Å². The average Bonchev–Trinajstić information content (AvgIpc) is 3.14. The van der Waals surface area contributed by atoms with Gasteiger partial charge in [0, 0.05) is 11.1 Å². The van der Waals surface area contributed by atoms with Gasteiger partial charge >= 0.3 is 0 Å². The number of nitrogens with one attached hydrogen (secondary N) is 1. The van der Waals surface area contributed by atoms with E-state index in [0.29, 0.717) is 33.6 Å². The van der Waals surface area contributed by atoms with Crippen LogP contribution in [0.15, 0.2) is 59.8 Å². The van der Waals surface area contributed by atoms with Crippen LogP contribution in [0.5, 0.6) is 5.75 Å². The Morgan fingerprint density at radius 1 is 1.10 bits per heavy atom. The zero-order valence-corrected chi connectivity index (χ0v) is 18.5. The Labute approximate surface area is 184 Å². The topological polar surface area (TPSA) is 91.3 Å². The standard InChI is InChI=1S/C21H19ClN3O3PS/c1-2-28-29(27)12-30-21-23-17-11-16(22)19(24-20(17)25-21)14-9-7-13(8-10-14)15-5-3-4-6-18(15)26/h3-11,26-27H,2,12H2,1H3,(H,23,24,25). The quantitative estimate of drug-likeness (QED) is 0.230. The fraction of sp³-hybridized carbons (Fsp3) is 0.143. The van der Waals surface area contributed by atoms with E-state index in [4.69, 9.17) is 16.1 Å². The summed E-state index contributed by atoms with van der Waals surface area (Å²) in [5.74, 6) is 0.236. The molecule has 6 nitrogen and oxygen atoms in total. The van der Waals surface area contributed by atoms with Crippen LogP contribution in [0.25, 0.3) is 33.5 Å². The predicted octanol–water partition coefficient (Wildman–Crippen LogP) is 6.04. The van der Waals surface area contributed by atoms with Crippen LogP contribution in [-0.4, -0.2) is 37.1 Å². The van der Waals surface area contributed by atoms with Crippen molar-refractivity contribution in [2.24, 2.45) is 0 Å². The van der Waals surface area contributed by atoms with Crippen molar-refractivity contribution < 1.29 is 14.5 Å². The zero-order valence-electron chi connectivity index (χ0n) is 16.0. The Bertz CT molecular complexity index is 1170. The summed E-state index contributed by atoms with van der Waals surface area (Å²) in [4.78, 5) is 22.1. The fourth-order valence-electron chi connectivity index (χ4n) is 2.99. The molecular formula is C21H19ClN3O3PS. The summed E-state index contributed by atoms with van der Waals surface area (Å²) in [6.07, 6.45) is 0. The van der Waals surface area contributed by atoms with Crippen molar-refractivity contribution in [1.29, 1.82) is 0 Å². The average molecular weight is 460 g/mol. The number of fused-ring (bicyclic) bond motifs is 1. The Morgan fingerprint density at radius 2 is 1.83 bits per heavy atom. The van der Waals surface area contributed by atoms with Gasteiger partial charge in [0.1, 0.15) is 5.75 Å². The number of thioether (sulfide) groups is 1. The molecule has 3 N–H and O–H groups in total. The van der Waals surface area contributed by atoms with E-state index < -0.39 is 8.38 Å². The third kappa shape index (κ3) is 4.61. The number of phenolic OH excluding ortho intramolecular Hbond substituents is 1. The normalized spacial score (nSPS) is 12.4. The van der Waals surface area contributed by atoms with Gasteiger partial charge < -0.3 is 19.5 Å². The Hall–Kier alpha value is -2.15. The lowest BCUT2D eigenvalue weighted by Gasteiger charge is -2.07. The van der Waals surface area contributed by atoms with Crippen LogP contribution in [0.4, 0.5) is 0 Å². The highest BCUT2D eigenvalue weighted by Gasteiger charge is 2.14. The van der Waals surface area contributed by atoms with Gasteiger partial charge in [0.2, 0.25) is 0 Å². The summed E-state index contributed by atoms with van der Waals surface area (Å²) >= 11 is 7.87. The van der Waals surface area contributed by atoms with Crippen LogP contribution in [0.2, 0.25) is 5.02 Å². The summed E-state index contributed by atoms with van der Waals surface area (Å²) in [7, 11) is -1.47. The molecule has 9 heteroatoms. The number of nitrogens with zero attached hydrogens (tertiary/aromatic N) is 2. The van der Waals surface area contributed by atoms with Crippen LogP contribution >= 0.6 is 31.7 Å². The van der Waals surface area contributed by atoms with Gasteiger partial charge in [-0.25, -0.2) is 9.97 Å². The number of imidazole rings is 1. The number of benzene rings is 2. The molecule has 4 aromatic rings. The molecule has 4 rings (SSSR count). The second kappa shape index (κ2) is 9.33. The van der Waals surface area contributed by atoms with Crippen molar-refractivity contribution in [2.75, 3.05) is 12.1 Å². The molecule has 0 bridgehead atoms. The van der Waals surface area contributed by atoms with Crippen molar-refractivity contribution in [2.45, 2.75) is 12.1 Å². The molecule has 0 aliphatic heterocycles. The van der Waals surface area contributed by atoms with Gasteiger partial charge in [0.05, 0.1) is 28.3 Å². The molecule has 0 saturated heterocycles. The minimum absolute atomic E-state index is 0.236. The van der Waals surface area contributed by atoms with Crippen molar-refractivity contribution in [3.8, 4) is 28.1 Å². The second-order valence-electron chi connectivity index (χ2n) is 6.37. The van der Waals surface area contributed by atoms with E-state index in [1.165, 1.54) is 11.8 Å². The highest BCUT2D eigenvalue weighted by atomic mass is 35.5. The number of pyridine rings is 1. The summed E-state index contributed by atoms with van der Waals surface area (Å²) in [6, 6.07) is 16.7. The Morgan fingerprint density at radius 3 is 2.57 bits per heavy atom. The minimum atomic E-state index is -1.47. The Balaban J connectivity index is 1.59. The third-order valence-corrected chi connectivity index (χ3v) is 7.08. The fourth-order valence-corrected chi connectivity index (χ4v) is 5.12. The van der Waals surface area contributed by atoms with Gasteiger partial charge in [-0.2, -0.15) is 0 Å². The summed E-state index contributed by atoms with van der Waals surface area (Å²) in [5.41, 5.74) is 4.88. The van der Waals surface area contributed by atoms with Crippen LogP contribution in [-0.2, 0) is 4.52 Å². The summed E-state index contributed by atoms with van der Waals surface area (Å²) < 4.78 is 5.19. The first-order valence-electron chi connectivity index (χ1n) is 9.22. The van der Waals surface area contributed by atoms with Crippen LogP contribution in [0.3, 0.4) is 0 Å². The third-order valence-electron chi connectivity index (χ3n) is 4.37. The molecule has 0 amide bonds. The zero-order chi connectivity index (χ0) is 21.1. The smallest absolute Gasteiger partial charge is 0.179 e. The second-order valence-corrected chi connectivity index (χ2v) is 9.45. The summed E-state index contributed by atoms with van der Waals surface area (Å²) in [5, 5.41) is 11.2. The predicted molar refractivity (Wildman–Crippen MR) is 123 cm³/mol. The number of aromatic nitrogens is 3. The molecule has 1 atom stereocenters. The van der Waals surface area contributed by atoms with E-state index in [0.717, 1.165) is 22.2 Å². The van der Waals surface area contributed by atoms with Crippen molar-refractivity contribution in [1.82, 2.24) is 15.0 Å². The van der Waals surface area contributed by atoms with Crippen LogP contribution < -0.4 is 0 Å². The van der Waals surface area contributed by atoms with E-state index in [2.05, 4.69) is 15.0 Å². The van der Waals surface area contributed by atoms with E-state index in [1.807, 2.05) is 43.3 Å². The monoisotopic (exact) mass is 459 g/mol. The van der Waals surface area contributed by atoms with E-state index in [1.54, 1.807) is 18.2 Å². The van der Waals surface area contributed by atoms with E-state index in [-0.39, 0.29) is 5.75 Å². The molecule has 2 heterocycles. The molecular weight excluding hydrogens is 441 g/mol. The number of hydrogen-bond acceptors (Lipinski definition) is 6. The number of H-pyrrole nitrogens is 1. The molecule has 2 aromatic heterocycles. The van der Waals surface area contributed by atoms with Gasteiger partial charge in [-0.1, -0.05) is 65.8 Å². The van der Waals surface area contributed by atoms with Crippen LogP contribution in [0, 0.1) is 0 Å². The number of phenols is 1. The number of halogens is 1. The van der Waals surface area contributed by atoms with Gasteiger partial charge in [-0.3, -0.25) is 0 Å². The number of hydrogen-bond donors (Lipinski definition) is 3. The number of aromatic amines is 1.